The molecule has 0 saturated carbocycles. The third-order valence-electron chi connectivity index (χ3n) is 0.911. The average Bonchev–Trinajstić information content (AvgIpc) is 2.14. The Morgan fingerprint density at radius 2 is 2.62 bits per heavy atom. The summed E-state index contributed by atoms with van der Waals surface area (Å²) in [4.78, 5) is 0. The quantitative estimate of drug-likeness (QED) is 0.323. The van der Waals surface area contributed by atoms with E-state index < -0.39 is 0 Å². The molecule has 5 nitrogen and oxygen atoms in total. The highest BCUT2D eigenvalue weighted by Crippen LogP contribution is 1.91. The molecule has 0 fully saturated rings. The van der Waals surface area contributed by atoms with Gasteiger partial charge >= 0.3 is 0 Å². The van der Waals surface area contributed by atoms with Gasteiger partial charge < -0.3 is 0 Å². The predicted molar refractivity (Wildman–Crippen MR) is 30.3 cm³/mol. The van der Waals surface area contributed by atoms with Crippen molar-refractivity contribution in [2.45, 2.75) is 0 Å². The summed E-state index contributed by atoms with van der Waals surface area (Å²) < 4.78 is 0. The highest BCUT2D eigenvalue weighted by molar-refractivity contribution is 5.55. The molecule has 0 atom stereocenters. The van der Waals surface area contributed by atoms with Crippen LogP contribution in [0.2, 0.25) is 0 Å². The number of hydrogen-bond donors (Lipinski definition) is 2. The normalized spacial score (nSPS) is 18.2. The van der Waals surface area contributed by atoms with E-state index in [9.17, 15) is 0 Å². The van der Waals surface area contributed by atoms with Gasteiger partial charge in [-0.05, 0) is 0 Å². The molecular formula is C3H9N5. The molecule has 1 aliphatic heterocycles. The number of nitrogens with two attached hydrogens (primary N) is 1. The van der Waals surface area contributed by atoms with Crippen molar-refractivity contribution >= 4 is 6.34 Å². The minimum Gasteiger partial charge on any atom is -0.277 e. The van der Waals surface area contributed by atoms with Gasteiger partial charge in [0, 0.05) is 7.05 Å². The number of nitrogens with zero attached hydrogens (tertiary/aromatic N) is 3. The lowest BCUT2D eigenvalue weighted by atomic mass is 11.0. The summed E-state index contributed by atoms with van der Waals surface area (Å²) in [5, 5.41) is 7.31. The van der Waals surface area contributed by atoms with Crippen molar-refractivity contribution in [2.75, 3.05) is 13.7 Å². The van der Waals surface area contributed by atoms with Gasteiger partial charge in [0.15, 0.2) is 0 Å². The first-order valence-corrected chi connectivity index (χ1v) is 2.31. The summed E-state index contributed by atoms with van der Waals surface area (Å²) in [6.07, 6.45) is 1.62. The molecule has 0 bridgehead atoms. The van der Waals surface area contributed by atoms with Gasteiger partial charge in [0.05, 0.1) is 0 Å². The Balaban J connectivity index is 2.34. The molecule has 0 unspecified atom stereocenters. The lowest BCUT2D eigenvalue weighted by Crippen LogP contribution is -2.42. The first-order chi connectivity index (χ1) is 3.83. The molecule has 1 aliphatic rings. The Morgan fingerprint density at radius 3 is 2.88 bits per heavy atom. The van der Waals surface area contributed by atoms with E-state index in [1.165, 1.54) is 0 Å². The third-order valence-corrected chi connectivity index (χ3v) is 0.911. The average molecular weight is 115 g/mol. The second kappa shape index (κ2) is 1.97. The molecule has 0 radical (unpaired) electrons. The molecule has 0 aromatic carbocycles. The van der Waals surface area contributed by atoms with Crippen LogP contribution in [-0.4, -0.2) is 30.1 Å². The Labute approximate surface area is 47.7 Å². The van der Waals surface area contributed by atoms with E-state index in [-0.39, 0.29) is 0 Å². The Hall–Kier alpha value is -0.810. The van der Waals surface area contributed by atoms with Gasteiger partial charge in [-0.25, -0.2) is 0 Å². The van der Waals surface area contributed by atoms with E-state index in [0.29, 0.717) is 6.67 Å². The Morgan fingerprint density at radius 1 is 1.88 bits per heavy atom. The topological polar surface area (TPSA) is 56.9 Å². The fourth-order valence-electron chi connectivity index (χ4n) is 0.518. The molecule has 0 aliphatic carbocycles. The Kier molecular flexibility index (Phi) is 1.32. The molecule has 8 heavy (non-hydrogen) atoms. The highest BCUT2D eigenvalue weighted by Gasteiger charge is 2.05. The first kappa shape index (κ1) is 5.33. The molecule has 46 valence electrons. The zero-order valence-electron chi connectivity index (χ0n) is 4.70. The lowest BCUT2D eigenvalue weighted by Gasteiger charge is -2.12. The van der Waals surface area contributed by atoms with Crippen molar-refractivity contribution in [1.82, 2.24) is 15.6 Å². The van der Waals surface area contributed by atoms with Crippen molar-refractivity contribution < 1.29 is 0 Å². The van der Waals surface area contributed by atoms with E-state index in [0.717, 1.165) is 0 Å². The fourth-order valence-corrected chi connectivity index (χ4v) is 0.518. The molecule has 0 aromatic heterocycles. The number of hydrogen-bond acceptors (Lipinski definition) is 5. The summed E-state index contributed by atoms with van der Waals surface area (Å²) in [7, 11) is 1.87. The number of nitrogens with one attached hydrogen (secondary N) is 1. The maximum Gasteiger partial charge on any atom is 0.128 e. The van der Waals surface area contributed by atoms with Crippen molar-refractivity contribution in [3.05, 3.63) is 0 Å². The molecule has 1 heterocycles. The second-order valence-corrected chi connectivity index (χ2v) is 1.63. The molecule has 5 heteroatoms. The zero-order valence-corrected chi connectivity index (χ0v) is 4.70. The van der Waals surface area contributed by atoms with Crippen LogP contribution in [0.5, 0.6) is 0 Å². The van der Waals surface area contributed by atoms with Gasteiger partial charge in [-0.2, -0.15) is 10.6 Å². The second-order valence-electron chi connectivity index (χ2n) is 1.63. The van der Waals surface area contributed by atoms with Crippen molar-refractivity contribution in [1.29, 1.82) is 0 Å². The van der Waals surface area contributed by atoms with Crippen LogP contribution in [0.4, 0.5) is 0 Å². The molecule has 0 spiro atoms. The molecule has 1 rings (SSSR count). The van der Waals surface area contributed by atoms with Gasteiger partial charge in [0.2, 0.25) is 0 Å². The predicted octanol–water partition coefficient (Wildman–Crippen LogP) is -1.49. The smallest absolute Gasteiger partial charge is 0.128 e. The van der Waals surface area contributed by atoms with Crippen LogP contribution >= 0.6 is 0 Å². The van der Waals surface area contributed by atoms with Crippen LogP contribution in [0.15, 0.2) is 5.10 Å². The fraction of sp³-hybridized carbons (Fsp3) is 0.667. The first-order valence-electron chi connectivity index (χ1n) is 2.31. The van der Waals surface area contributed by atoms with Crippen LogP contribution in [0, 0.1) is 0 Å². The van der Waals surface area contributed by atoms with Crippen molar-refractivity contribution in [3.63, 3.8) is 0 Å². The zero-order chi connectivity index (χ0) is 5.98. The van der Waals surface area contributed by atoms with Gasteiger partial charge in [-0.15, -0.1) is 0 Å². The number of rotatable bonds is 1. The van der Waals surface area contributed by atoms with Crippen LogP contribution in [-0.2, 0) is 0 Å². The van der Waals surface area contributed by atoms with E-state index in [1.54, 1.807) is 16.4 Å². The number of hydrazine groups is 2. The highest BCUT2D eigenvalue weighted by atomic mass is 15.7. The van der Waals surface area contributed by atoms with Crippen LogP contribution < -0.4 is 11.4 Å². The summed E-state index contributed by atoms with van der Waals surface area (Å²) in [5.41, 5.74) is 2.44. The van der Waals surface area contributed by atoms with E-state index in [2.05, 4.69) is 10.6 Å². The van der Waals surface area contributed by atoms with E-state index in [4.69, 9.17) is 5.84 Å². The largest absolute Gasteiger partial charge is 0.277 e. The number of hydrazone groups is 1. The van der Waals surface area contributed by atoms with E-state index in [1.807, 2.05) is 7.05 Å². The standard InChI is InChI=1S/C3H9N5/c1-7-3-8(6-4)2-5-7/h2,6H,3-4H2,1H3. The monoisotopic (exact) mass is 115 g/mol. The van der Waals surface area contributed by atoms with Crippen LogP contribution in [0.1, 0.15) is 0 Å². The maximum atomic E-state index is 5.05. The third kappa shape index (κ3) is 0.877. The minimum atomic E-state index is 0.705. The molecule has 0 saturated heterocycles. The molecule has 0 aromatic rings. The van der Waals surface area contributed by atoms with E-state index >= 15 is 0 Å². The van der Waals surface area contributed by atoms with Crippen molar-refractivity contribution in [2.24, 2.45) is 10.9 Å². The molecular weight excluding hydrogens is 106 g/mol. The summed E-state index contributed by atoms with van der Waals surface area (Å²) in [6, 6.07) is 0. The Bertz CT molecular complexity index is 99.8. The maximum absolute atomic E-state index is 5.05. The van der Waals surface area contributed by atoms with Crippen molar-refractivity contribution in [3.8, 4) is 0 Å². The SMILES string of the molecule is CN1CN(NN)C=N1. The van der Waals surface area contributed by atoms with Gasteiger partial charge in [0.25, 0.3) is 0 Å². The molecule has 3 N–H and O–H groups in total. The van der Waals surface area contributed by atoms with Gasteiger partial charge in [0.1, 0.15) is 13.0 Å². The van der Waals surface area contributed by atoms with Gasteiger partial charge in [-0.3, -0.25) is 15.9 Å². The minimum absolute atomic E-state index is 0.705. The molecule has 0 amide bonds. The van der Waals surface area contributed by atoms with Crippen LogP contribution in [0.25, 0.3) is 0 Å². The van der Waals surface area contributed by atoms with Gasteiger partial charge in [-0.1, -0.05) is 0 Å². The lowest BCUT2D eigenvalue weighted by molar-refractivity contribution is 0.228. The van der Waals surface area contributed by atoms with Crippen LogP contribution in [0.3, 0.4) is 0 Å². The summed E-state index contributed by atoms with van der Waals surface area (Å²) in [5.74, 6) is 5.05. The summed E-state index contributed by atoms with van der Waals surface area (Å²) in [6.45, 7) is 0.705. The summed E-state index contributed by atoms with van der Waals surface area (Å²) >= 11 is 0.